The van der Waals surface area contributed by atoms with E-state index in [0.29, 0.717) is 11.6 Å². The molecule has 1 aromatic carbocycles. The zero-order chi connectivity index (χ0) is 19.4. The largest absolute Gasteiger partial charge is 0.340 e. The normalized spacial score (nSPS) is 12.6. The van der Waals surface area contributed by atoms with Crippen LogP contribution in [0.4, 0.5) is 9.93 Å². The number of carbonyl (C=O) groups excluding carboxylic acids is 1. The number of aromatic amines is 1. The molecule has 0 fully saturated rings. The molecule has 3 N–H and O–H groups in total. The highest BCUT2D eigenvalue weighted by atomic mass is 32.1. The van der Waals surface area contributed by atoms with E-state index >= 15 is 0 Å². The third-order valence-corrected chi connectivity index (χ3v) is 5.28. The van der Waals surface area contributed by atoms with Crippen molar-refractivity contribution in [2.75, 3.05) is 5.32 Å². The molecular formula is C19H24N6OS. The predicted molar refractivity (Wildman–Crippen MR) is 108 cm³/mol. The maximum atomic E-state index is 12.4. The van der Waals surface area contributed by atoms with E-state index in [1.54, 1.807) is 6.20 Å². The molecule has 8 heteroatoms. The van der Waals surface area contributed by atoms with E-state index < -0.39 is 0 Å². The first-order valence-corrected chi connectivity index (χ1v) is 9.70. The summed E-state index contributed by atoms with van der Waals surface area (Å²) in [6.45, 7) is 8.18. The van der Waals surface area contributed by atoms with Crippen LogP contribution < -0.4 is 10.6 Å². The quantitative estimate of drug-likeness (QED) is 0.603. The second kappa shape index (κ2) is 7.87. The lowest BCUT2D eigenvalue weighted by Crippen LogP contribution is -2.32. The van der Waals surface area contributed by atoms with Crippen molar-refractivity contribution in [3.8, 4) is 11.3 Å². The van der Waals surface area contributed by atoms with Gasteiger partial charge in [-0.15, -0.1) is 10.2 Å². The highest BCUT2D eigenvalue weighted by molar-refractivity contribution is 7.15. The first-order valence-electron chi connectivity index (χ1n) is 8.88. The summed E-state index contributed by atoms with van der Waals surface area (Å²) in [4.78, 5) is 20.1. The molecule has 0 aliphatic carbocycles. The summed E-state index contributed by atoms with van der Waals surface area (Å²) < 4.78 is 0. The van der Waals surface area contributed by atoms with Gasteiger partial charge in [0.05, 0.1) is 17.9 Å². The number of carbonyl (C=O) groups is 1. The smallest absolute Gasteiger partial charge is 0.321 e. The van der Waals surface area contributed by atoms with Crippen LogP contribution in [0.2, 0.25) is 0 Å². The average molecular weight is 385 g/mol. The Morgan fingerprint density at radius 2 is 1.96 bits per heavy atom. The highest BCUT2D eigenvalue weighted by Crippen LogP contribution is 2.27. The summed E-state index contributed by atoms with van der Waals surface area (Å²) in [5, 5.41) is 15.2. The molecule has 0 aliphatic rings. The number of hydrogen-bond donors (Lipinski definition) is 3. The number of rotatable bonds is 5. The third kappa shape index (κ3) is 4.71. The SMILES string of the molecule is CCC(NC(=O)Nc1nnc(C(C)(C)C)s1)c1ncc(-c2ccccc2)[nH]1. The van der Waals surface area contributed by atoms with E-state index in [1.807, 2.05) is 37.3 Å². The molecule has 0 radical (unpaired) electrons. The first kappa shape index (κ1) is 19.0. The van der Waals surface area contributed by atoms with E-state index in [2.05, 4.69) is 51.6 Å². The van der Waals surface area contributed by atoms with Gasteiger partial charge >= 0.3 is 6.03 Å². The van der Waals surface area contributed by atoms with Crippen LogP contribution in [0.5, 0.6) is 0 Å². The van der Waals surface area contributed by atoms with Gasteiger partial charge in [0, 0.05) is 5.41 Å². The lowest BCUT2D eigenvalue weighted by Gasteiger charge is -2.14. The number of benzene rings is 1. The predicted octanol–water partition coefficient (Wildman–Crippen LogP) is 4.50. The molecule has 7 nitrogen and oxygen atoms in total. The minimum Gasteiger partial charge on any atom is -0.340 e. The minimum atomic E-state index is -0.323. The summed E-state index contributed by atoms with van der Waals surface area (Å²) in [5.74, 6) is 0.721. The van der Waals surface area contributed by atoms with Gasteiger partial charge in [-0.25, -0.2) is 9.78 Å². The van der Waals surface area contributed by atoms with Gasteiger partial charge in [-0.1, -0.05) is 69.4 Å². The third-order valence-electron chi connectivity index (χ3n) is 4.01. The second-order valence-corrected chi connectivity index (χ2v) is 8.25. The van der Waals surface area contributed by atoms with Crippen LogP contribution in [0.25, 0.3) is 11.3 Å². The van der Waals surface area contributed by atoms with Crippen molar-refractivity contribution in [3.05, 3.63) is 47.4 Å². The minimum absolute atomic E-state index is 0.0952. The summed E-state index contributed by atoms with van der Waals surface area (Å²) in [5.41, 5.74) is 1.88. The van der Waals surface area contributed by atoms with Crippen molar-refractivity contribution >= 4 is 22.5 Å². The molecule has 1 unspecified atom stereocenters. The Bertz CT molecular complexity index is 896. The zero-order valence-corrected chi connectivity index (χ0v) is 16.7. The number of urea groups is 1. The number of amides is 2. The highest BCUT2D eigenvalue weighted by Gasteiger charge is 2.21. The van der Waals surface area contributed by atoms with E-state index in [4.69, 9.17) is 0 Å². The van der Waals surface area contributed by atoms with Crippen LogP contribution in [0.1, 0.15) is 51.0 Å². The molecule has 27 heavy (non-hydrogen) atoms. The fraction of sp³-hybridized carbons (Fsp3) is 0.368. The van der Waals surface area contributed by atoms with Crippen molar-refractivity contribution in [2.24, 2.45) is 0 Å². The topological polar surface area (TPSA) is 95.6 Å². The Morgan fingerprint density at radius 1 is 1.22 bits per heavy atom. The molecule has 0 spiro atoms. The van der Waals surface area contributed by atoms with Crippen LogP contribution in [-0.4, -0.2) is 26.2 Å². The standard InChI is InChI=1S/C19H24N6OS/c1-5-13(15-20-11-14(21-15)12-9-7-6-8-10-12)22-17(26)23-18-25-24-16(27-18)19(2,3)4/h6-11,13H,5H2,1-4H3,(H,20,21)(H2,22,23,25,26). The number of nitrogens with one attached hydrogen (secondary N) is 3. The van der Waals surface area contributed by atoms with Gasteiger partial charge in [-0.2, -0.15) is 0 Å². The molecule has 0 saturated carbocycles. The molecule has 0 saturated heterocycles. The lowest BCUT2D eigenvalue weighted by atomic mass is 9.98. The van der Waals surface area contributed by atoms with Crippen LogP contribution in [0.15, 0.2) is 36.5 Å². The number of imidazole rings is 1. The van der Waals surface area contributed by atoms with Crippen LogP contribution in [-0.2, 0) is 5.41 Å². The van der Waals surface area contributed by atoms with E-state index in [-0.39, 0.29) is 17.5 Å². The fourth-order valence-corrected chi connectivity index (χ4v) is 3.31. The monoisotopic (exact) mass is 384 g/mol. The second-order valence-electron chi connectivity index (χ2n) is 7.27. The van der Waals surface area contributed by atoms with Crippen LogP contribution in [0, 0.1) is 0 Å². The lowest BCUT2D eigenvalue weighted by molar-refractivity contribution is 0.247. The van der Waals surface area contributed by atoms with Crippen molar-refractivity contribution in [1.82, 2.24) is 25.5 Å². The van der Waals surface area contributed by atoms with Gasteiger partial charge in [0.25, 0.3) is 0 Å². The summed E-state index contributed by atoms with van der Waals surface area (Å²) >= 11 is 1.38. The van der Waals surface area contributed by atoms with Gasteiger partial charge < -0.3 is 10.3 Å². The number of hydrogen-bond acceptors (Lipinski definition) is 5. The molecule has 2 amide bonds. The van der Waals surface area contributed by atoms with Crippen LogP contribution >= 0.6 is 11.3 Å². The van der Waals surface area contributed by atoms with Crippen molar-refractivity contribution in [3.63, 3.8) is 0 Å². The Labute approximate surface area is 162 Å². The van der Waals surface area contributed by atoms with Gasteiger partial charge in [-0.05, 0) is 12.0 Å². The summed E-state index contributed by atoms with van der Waals surface area (Å²) in [6.07, 6.45) is 2.49. The Kier molecular flexibility index (Phi) is 5.55. The summed E-state index contributed by atoms with van der Waals surface area (Å²) in [7, 11) is 0. The Balaban J connectivity index is 1.65. The number of anilines is 1. The van der Waals surface area contributed by atoms with Gasteiger partial charge in [-0.3, -0.25) is 5.32 Å². The molecule has 1 atom stereocenters. The van der Waals surface area contributed by atoms with Crippen molar-refractivity contribution in [1.29, 1.82) is 0 Å². The average Bonchev–Trinajstić information content (AvgIpc) is 3.30. The maximum absolute atomic E-state index is 12.4. The fourth-order valence-electron chi connectivity index (χ4n) is 2.51. The molecule has 2 heterocycles. The maximum Gasteiger partial charge on any atom is 0.321 e. The number of nitrogens with zero attached hydrogens (tertiary/aromatic N) is 3. The molecule has 142 valence electrons. The molecule has 2 aromatic heterocycles. The molecule has 0 bridgehead atoms. The zero-order valence-electron chi connectivity index (χ0n) is 15.9. The molecule has 3 aromatic rings. The molecular weight excluding hydrogens is 360 g/mol. The van der Waals surface area contributed by atoms with Gasteiger partial charge in [0.15, 0.2) is 0 Å². The van der Waals surface area contributed by atoms with E-state index in [9.17, 15) is 4.79 Å². The van der Waals surface area contributed by atoms with E-state index in [1.165, 1.54) is 11.3 Å². The van der Waals surface area contributed by atoms with Crippen LogP contribution in [0.3, 0.4) is 0 Å². The first-order chi connectivity index (χ1) is 12.9. The summed E-state index contributed by atoms with van der Waals surface area (Å²) in [6, 6.07) is 9.41. The van der Waals surface area contributed by atoms with Gasteiger partial charge in [0.2, 0.25) is 5.13 Å². The molecule has 0 aliphatic heterocycles. The number of H-pyrrole nitrogens is 1. The van der Waals surface area contributed by atoms with Crippen molar-refractivity contribution in [2.45, 2.75) is 45.6 Å². The van der Waals surface area contributed by atoms with E-state index in [0.717, 1.165) is 22.1 Å². The van der Waals surface area contributed by atoms with Crippen molar-refractivity contribution < 1.29 is 4.79 Å². The Hall–Kier alpha value is -2.74. The van der Waals surface area contributed by atoms with Gasteiger partial charge in [0.1, 0.15) is 10.8 Å². The molecule has 3 rings (SSSR count). The number of aromatic nitrogens is 4. The Morgan fingerprint density at radius 3 is 2.59 bits per heavy atom.